The summed E-state index contributed by atoms with van der Waals surface area (Å²) in [6.07, 6.45) is 1.68. The number of piperidine rings is 1. The van der Waals surface area contributed by atoms with Gasteiger partial charge < -0.3 is 20.9 Å². The molecular formula is C18H21FN4O3. The Balaban J connectivity index is 1.62. The van der Waals surface area contributed by atoms with Gasteiger partial charge in [0.15, 0.2) is 5.43 Å². The smallest absolute Gasteiger partial charge is 0.267 e. The Hall–Kier alpha value is -2.74. The lowest BCUT2D eigenvalue weighted by Crippen LogP contribution is -2.44. The molecule has 26 heavy (non-hydrogen) atoms. The van der Waals surface area contributed by atoms with Gasteiger partial charge in [0.25, 0.3) is 5.91 Å². The molecule has 0 bridgehead atoms. The number of carbonyl (C=O) groups excluding carboxylic acids is 2. The molecule has 3 rings (SSSR count). The van der Waals surface area contributed by atoms with Crippen molar-refractivity contribution >= 4 is 22.7 Å². The molecule has 4 N–H and O–H groups in total. The van der Waals surface area contributed by atoms with Crippen molar-refractivity contribution in [2.45, 2.75) is 12.8 Å². The maximum absolute atomic E-state index is 13.9. The number of benzene rings is 1. The fourth-order valence-corrected chi connectivity index (χ4v) is 3.27. The van der Waals surface area contributed by atoms with Crippen molar-refractivity contribution in [1.29, 1.82) is 0 Å². The number of nitrogens with two attached hydrogens (primary N) is 1. The fourth-order valence-electron chi connectivity index (χ4n) is 3.27. The Labute approximate surface area is 149 Å². The van der Waals surface area contributed by atoms with E-state index in [-0.39, 0.29) is 28.4 Å². The molecule has 1 atom stereocenters. The monoisotopic (exact) mass is 360 g/mol. The lowest BCUT2D eigenvalue weighted by Gasteiger charge is -2.31. The highest BCUT2D eigenvalue weighted by atomic mass is 19.1. The van der Waals surface area contributed by atoms with E-state index in [1.165, 1.54) is 24.3 Å². The van der Waals surface area contributed by atoms with Gasteiger partial charge >= 0.3 is 0 Å². The van der Waals surface area contributed by atoms with Crippen LogP contribution < -0.4 is 16.5 Å². The van der Waals surface area contributed by atoms with Crippen LogP contribution in [0.4, 0.5) is 4.39 Å². The number of para-hydroxylation sites is 1. The van der Waals surface area contributed by atoms with Gasteiger partial charge in [-0.3, -0.25) is 14.4 Å². The maximum atomic E-state index is 13.9. The predicted molar refractivity (Wildman–Crippen MR) is 95.2 cm³/mol. The number of amides is 2. The number of pyridine rings is 1. The molecule has 1 fully saturated rings. The molecule has 8 heteroatoms. The minimum Gasteiger partial charge on any atom is -0.369 e. The number of rotatable bonds is 5. The van der Waals surface area contributed by atoms with Crippen LogP contribution >= 0.6 is 0 Å². The fraction of sp³-hybridized carbons (Fsp3) is 0.389. The number of halogens is 1. The first-order valence-electron chi connectivity index (χ1n) is 8.57. The van der Waals surface area contributed by atoms with E-state index >= 15 is 0 Å². The molecule has 0 spiro atoms. The minimum atomic E-state index is -0.583. The Morgan fingerprint density at radius 3 is 2.96 bits per heavy atom. The van der Waals surface area contributed by atoms with E-state index in [1.807, 2.05) is 0 Å². The number of carbonyl (C=O) groups is 2. The molecule has 1 aromatic carbocycles. The van der Waals surface area contributed by atoms with Crippen molar-refractivity contribution in [1.82, 2.24) is 15.2 Å². The quantitative estimate of drug-likeness (QED) is 0.725. The first kappa shape index (κ1) is 18.1. The molecule has 1 aromatic heterocycles. The number of nitrogens with one attached hydrogen (secondary N) is 2. The molecule has 1 aliphatic rings. The summed E-state index contributed by atoms with van der Waals surface area (Å²) < 4.78 is 13.9. The number of fused-ring (bicyclic) bond motifs is 1. The van der Waals surface area contributed by atoms with E-state index in [9.17, 15) is 18.8 Å². The van der Waals surface area contributed by atoms with E-state index < -0.39 is 17.2 Å². The third kappa shape index (κ3) is 3.91. The van der Waals surface area contributed by atoms with Crippen LogP contribution in [0.2, 0.25) is 0 Å². The van der Waals surface area contributed by atoms with Gasteiger partial charge in [0.2, 0.25) is 5.91 Å². The van der Waals surface area contributed by atoms with Crippen LogP contribution in [-0.4, -0.2) is 47.9 Å². The molecule has 2 heterocycles. The van der Waals surface area contributed by atoms with Crippen molar-refractivity contribution in [3.05, 3.63) is 46.0 Å². The van der Waals surface area contributed by atoms with Gasteiger partial charge in [-0.1, -0.05) is 6.07 Å². The summed E-state index contributed by atoms with van der Waals surface area (Å²) in [6, 6.07) is 5.35. The first-order valence-corrected chi connectivity index (χ1v) is 8.57. The predicted octanol–water partition coefficient (Wildman–Crippen LogP) is 0.594. The normalized spacial score (nSPS) is 18.0. The van der Waals surface area contributed by atoms with Gasteiger partial charge in [-0.25, -0.2) is 4.39 Å². The third-order valence-electron chi connectivity index (χ3n) is 4.68. The van der Waals surface area contributed by atoms with Crippen LogP contribution in [0.1, 0.15) is 23.3 Å². The third-order valence-corrected chi connectivity index (χ3v) is 4.68. The van der Waals surface area contributed by atoms with Crippen LogP contribution in [0.3, 0.4) is 0 Å². The van der Waals surface area contributed by atoms with Crippen molar-refractivity contribution in [3.63, 3.8) is 0 Å². The summed E-state index contributed by atoms with van der Waals surface area (Å²) in [4.78, 5) is 40.4. The molecular weight excluding hydrogens is 339 g/mol. The number of nitrogens with zero attached hydrogens (tertiary/aromatic N) is 1. The molecule has 1 unspecified atom stereocenters. The number of H-pyrrole nitrogens is 1. The molecule has 2 aromatic rings. The minimum absolute atomic E-state index is 0.0151. The summed E-state index contributed by atoms with van der Waals surface area (Å²) in [5, 5.41) is 2.91. The second-order valence-electron chi connectivity index (χ2n) is 6.51. The molecule has 0 saturated carbocycles. The Morgan fingerprint density at radius 2 is 2.19 bits per heavy atom. The first-order chi connectivity index (χ1) is 12.5. The lowest BCUT2D eigenvalue weighted by atomic mass is 9.97. The standard InChI is InChI=1S/C18H21FN4O3/c19-13-5-1-4-12-15(24)9-14(22-16(12)13)18(26)21-6-8-23-7-2-3-11(10-23)17(20)25/h1,4-5,9,11H,2-3,6-8,10H2,(H2,20,25)(H,21,26)(H,22,24). The Kier molecular flexibility index (Phi) is 5.32. The summed E-state index contributed by atoms with van der Waals surface area (Å²) >= 11 is 0. The molecule has 1 aliphatic heterocycles. The zero-order valence-electron chi connectivity index (χ0n) is 14.3. The largest absolute Gasteiger partial charge is 0.369 e. The van der Waals surface area contributed by atoms with E-state index in [2.05, 4.69) is 15.2 Å². The summed E-state index contributed by atoms with van der Waals surface area (Å²) in [5.41, 5.74) is 4.98. The highest BCUT2D eigenvalue weighted by molar-refractivity contribution is 5.94. The van der Waals surface area contributed by atoms with Gasteiger partial charge in [0, 0.05) is 31.1 Å². The molecule has 1 saturated heterocycles. The van der Waals surface area contributed by atoms with E-state index in [0.717, 1.165) is 19.4 Å². The zero-order valence-corrected chi connectivity index (χ0v) is 14.3. The summed E-state index contributed by atoms with van der Waals surface area (Å²) in [7, 11) is 0. The second kappa shape index (κ2) is 7.65. The highest BCUT2D eigenvalue weighted by Crippen LogP contribution is 2.15. The van der Waals surface area contributed by atoms with E-state index in [0.29, 0.717) is 19.6 Å². The zero-order chi connectivity index (χ0) is 18.7. The van der Waals surface area contributed by atoms with E-state index in [1.54, 1.807) is 0 Å². The Bertz CT molecular complexity index is 896. The van der Waals surface area contributed by atoms with Crippen LogP contribution in [0, 0.1) is 11.7 Å². The summed E-state index contributed by atoms with van der Waals surface area (Å²) in [5.74, 6) is -1.51. The average Bonchev–Trinajstić information content (AvgIpc) is 2.62. The SMILES string of the molecule is NC(=O)C1CCCN(CCNC(=O)c2cc(=O)c3cccc(F)c3[nH]2)C1. The number of likely N-dealkylation sites (tertiary alicyclic amines) is 1. The number of primary amides is 1. The van der Waals surface area contributed by atoms with E-state index in [4.69, 9.17) is 5.73 Å². The molecule has 0 radical (unpaired) electrons. The van der Waals surface area contributed by atoms with Crippen molar-refractivity contribution in [3.8, 4) is 0 Å². The van der Waals surface area contributed by atoms with Gasteiger partial charge in [0.05, 0.1) is 11.4 Å². The molecule has 2 amide bonds. The number of aromatic amines is 1. The van der Waals surface area contributed by atoms with Crippen molar-refractivity contribution < 1.29 is 14.0 Å². The average molecular weight is 360 g/mol. The number of hydrogen-bond acceptors (Lipinski definition) is 4. The molecule has 138 valence electrons. The van der Waals surface area contributed by atoms with Crippen molar-refractivity contribution in [2.75, 3.05) is 26.2 Å². The van der Waals surface area contributed by atoms with Crippen LogP contribution in [0.25, 0.3) is 10.9 Å². The van der Waals surface area contributed by atoms with Crippen molar-refractivity contribution in [2.24, 2.45) is 11.7 Å². The van der Waals surface area contributed by atoms with Gasteiger partial charge in [0.1, 0.15) is 11.5 Å². The highest BCUT2D eigenvalue weighted by Gasteiger charge is 2.23. The van der Waals surface area contributed by atoms with Gasteiger partial charge in [-0.05, 0) is 31.5 Å². The lowest BCUT2D eigenvalue weighted by molar-refractivity contribution is -0.123. The molecule has 0 aliphatic carbocycles. The molecule has 7 nitrogen and oxygen atoms in total. The van der Waals surface area contributed by atoms with Gasteiger partial charge in [-0.15, -0.1) is 0 Å². The van der Waals surface area contributed by atoms with Gasteiger partial charge in [-0.2, -0.15) is 0 Å². The van der Waals surface area contributed by atoms with Crippen LogP contribution in [0.15, 0.2) is 29.1 Å². The maximum Gasteiger partial charge on any atom is 0.267 e. The Morgan fingerprint density at radius 1 is 1.38 bits per heavy atom. The van der Waals surface area contributed by atoms with Crippen LogP contribution in [-0.2, 0) is 4.79 Å². The second-order valence-corrected chi connectivity index (χ2v) is 6.51. The number of aromatic nitrogens is 1. The summed E-state index contributed by atoms with van der Waals surface area (Å²) in [6.45, 7) is 2.35. The van der Waals surface area contributed by atoms with Crippen LogP contribution in [0.5, 0.6) is 0 Å². The number of hydrogen-bond donors (Lipinski definition) is 3. The topological polar surface area (TPSA) is 108 Å².